The maximum Gasteiger partial charge on any atom is 0.329 e. The Balaban J connectivity index is 2.18. The van der Waals surface area contributed by atoms with E-state index < -0.39 is 18.0 Å². The van der Waals surface area contributed by atoms with Crippen molar-refractivity contribution in [3.8, 4) is 0 Å². The summed E-state index contributed by atoms with van der Waals surface area (Å²) < 4.78 is 0.978. The third-order valence-electron chi connectivity index (χ3n) is 7.41. The average molecular weight is 557 g/mol. The number of hydrogen-bond acceptors (Lipinski definition) is 4. The molecule has 2 rings (SSSR count). The molecule has 8 heteroatoms. The van der Waals surface area contributed by atoms with Crippen LogP contribution in [-0.4, -0.2) is 46.9 Å². The molecular weight excluding hydrogens is 504 g/mol. The maximum atomic E-state index is 13.5. The molecule has 0 radical (unpaired) electrons. The molecule has 3 N–H and O–H groups in total. The van der Waals surface area contributed by atoms with Gasteiger partial charge in [0.25, 0.3) is 5.84 Å². The molecule has 1 aliphatic carbocycles. The highest BCUT2D eigenvalue weighted by Gasteiger charge is 2.30. The van der Waals surface area contributed by atoms with Crippen molar-refractivity contribution in [2.45, 2.75) is 117 Å². The summed E-state index contributed by atoms with van der Waals surface area (Å²) in [6, 6.07) is 7.89. The zero-order valence-corrected chi connectivity index (χ0v) is 25.3. The number of nitrogens with zero attached hydrogens (tertiary/aromatic N) is 1. The van der Waals surface area contributed by atoms with Gasteiger partial charge in [-0.2, -0.15) is 0 Å². The minimum atomic E-state index is -0.812. The Bertz CT molecular complexity index is 955. The summed E-state index contributed by atoms with van der Waals surface area (Å²) in [7, 11) is 0. The quantitative estimate of drug-likeness (QED) is 0.0918. The molecule has 3 amide bonds. The molecule has 0 bridgehead atoms. The second-order valence-corrected chi connectivity index (χ2v) is 12.2. The van der Waals surface area contributed by atoms with Crippen LogP contribution in [-0.2, 0) is 20.8 Å². The van der Waals surface area contributed by atoms with Crippen molar-refractivity contribution < 1.29 is 19.1 Å². The number of hydroxylamine groups is 1. The lowest BCUT2D eigenvalue weighted by molar-refractivity contribution is -0.470. The molecule has 0 aromatic heterocycles. The first kappa shape index (κ1) is 33.3. The summed E-state index contributed by atoms with van der Waals surface area (Å²) >= 11 is 0. The summed E-state index contributed by atoms with van der Waals surface area (Å²) in [5.41, 5.74) is 0.915. The van der Waals surface area contributed by atoms with E-state index in [2.05, 4.69) is 29.8 Å². The normalized spacial score (nSPS) is 16.3. The van der Waals surface area contributed by atoms with E-state index in [4.69, 9.17) is 0 Å². The van der Waals surface area contributed by atoms with E-state index in [1.54, 1.807) is 0 Å². The maximum absolute atomic E-state index is 13.5. The van der Waals surface area contributed by atoms with E-state index in [-0.39, 0.29) is 17.7 Å². The fraction of sp³-hybridized carbons (Fsp3) is 0.688. The highest BCUT2D eigenvalue weighted by atomic mass is 16.5. The molecule has 0 heterocycles. The molecular formula is C32H52N4O4. The van der Waals surface area contributed by atoms with E-state index in [1.807, 2.05) is 51.1 Å². The Morgan fingerprint density at radius 1 is 0.900 bits per heavy atom. The van der Waals surface area contributed by atoms with Crippen LogP contribution in [0.25, 0.3) is 0 Å². The summed E-state index contributed by atoms with van der Waals surface area (Å²) in [5.74, 6) is 0.278. The van der Waals surface area contributed by atoms with Crippen LogP contribution >= 0.6 is 0 Å². The van der Waals surface area contributed by atoms with Gasteiger partial charge in [-0.1, -0.05) is 90.6 Å². The first-order chi connectivity index (χ1) is 19.1. The number of nitrogens with one attached hydrogen (secondary N) is 3. The largest absolute Gasteiger partial charge is 0.715 e. The molecule has 8 nitrogen and oxygen atoms in total. The molecule has 2 atom stereocenters. The minimum Gasteiger partial charge on any atom is -0.715 e. The lowest BCUT2D eigenvalue weighted by atomic mass is 9.89. The number of benzene rings is 1. The number of carbonyl (C=O) groups excluding carboxylic acids is 3. The van der Waals surface area contributed by atoms with Crippen LogP contribution in [0.2, 0.25) is 0 Å². The van der Waals surface area contributed by atoms with Crippen LogP contribution in [0.5, 0.6) is 0 Å². The number of amidine groups is 1. The number of amides is 3. The van der Waals surface area contributed by atoms with Gasteiger partial charge in [0.2, 0.25) is 11.8 Å². The summed E-state index contributed by atoms with van der Waals surface area (Å²) in [5, 5.41) is 21.9. The smallest absolute Gasteiger partial charge is 0.329 e. The van der Waals surface area contributed by atoms with E-state index in [0.29, 0.717) is 56.3 Å². The second kappa shape index (κ2) is 17.7. The van der Waals surface area contributed by atoms with E-state index in [1.165, 1.54) is 6.42 Å². The summed E-state index contributed by atoms with van der Waals surface area (Å²) in [4.78, 5) is 39.5. The lowest BCUT2D eigenvalue weighted by Crippen LogP contribution is -2.55. The average Bonchev–Trinajstić information content (AvgIpc) is 2.90. The Morgan fingerprint density at radius 2 is 1.57 bits per heavy atom. The van der Waals surface area contributed by atoms with Gasteiger partial charge in [-0.05, 0) is 49.0 Å². The Morgan fingerprint density at radius 3 is 2.17 bits per heavy atom. The predicted octanol–water partition coefficient (Wildman–Crippen LogP) is 5.09. The van der Waals surface area contributed by atoms with Crippen molar-refractivity contribution in [3.63, 3.8) is 0 Å². The highest BCUT2D eigenvalue weighted by molar-refractivity contribution is 6.00. The summed E-state index contributed by atoms with van der Waals surface area (Å²) in [6.45, 7) is 10.4. The first-order valence-electron chi connectivity index (χ1n) is 15.3. The zero-order valence-electron chi connectivity index (χ0n) is 25.3. The van der Waals surface area contributed by atoms with Crippen LogP contribution < -0.4 is 16.0 Å². The van der Waals surface area contributed by atoms with Crippen molar-refractivity contribution in [3.05, 3.63) is 41.1 Å². The van der Waals surface area contributed by atoms with Crippen molar-refractivity contribution in [1.82, 2.24) is 16.0 Å². The van der Waals surface area contributed by atoms with Gasteiger partial charge in [-0.3, -0.25) is 14.3 Å². The molecule has 0 unspecified atom stereocenters. The minimum absolute atomic E-state index is 0.155. The Kier molecular flexibility index (Phi) is 14.8. The Labute approximate surface area is 241 Å². The van der Waals surface area contributed by atoms with Crippen molar-refractivity contribution in [2.75, 3.05) is 6.54 Å². The van der Waals surface area contributed by atoms with Gasteiger partial charge in [0.1, 0.15) is 12.1 Å². The van der Waals surface area contributed by atoms with Gasteiger partial charge < -0.3 is 15.8 Å². The summed E-state index contributed by atoms with van der Waals surface area (Å²) in [6.07, 6.45) is 8.60. The monoisotopic (exact) mass is 556 g/mol. The molecule has 1 saturated carbocycles. The molecule has 0 saturated heterocycles. The second-order valence-electron chi connectivity index (χ2n) is 12.2. The van der Waals surface area contributed by atoms with Crippen LogP contribution in [0.3, 0.4) is 0 Å². The van der Waals surface area contributed by atoms with Crippen LogP contribution in [0.1, 0.15) is 104 Å². The van der Waals surface area contributed by atoms with Gasteiger partial charge >= 0.3 is 5.91 Å². The fourth-order valence-corrected chi connectivity index (χ4v) is 5.13. The molecule has 0 spiro atoms. The first-order valence-corrected chi connectivity index (χ1v) is 15.3. The zero-order chi connectivity index (χ0) is 29.5. The van der Waals surface area contributed by atoms with E-state index in [9.17, 15) is 19.6 Å². The van der Waals surface area contributed by atoms with Gasteiger partial charge in [0.15, 0.2) is 0 Å². The van der Waals surface area contributed by atoms with Gasteiger partial charge in [0.05, 0.1) is 6.54 Å². The predicted molar refractivity (Wildman–Crippen MR) is 161 cm³/mol. The van der Waals surface area contributed by atoms with E-state index in [0.717, 1.165) is 42.4 Å². The third-order valence-corrected chi connectivity index (χ3v) is 7.41. The standard InChI is InChI=1S/C32H52N4O4/c1-6-13-27(31(38)35-29(19-18-23(2)3)36(40)22-26-16-11-8-12-17-26)34-32(39)28(33-30(37)20-24(4)5)21-25-14-9-7-10-15-25/h7,9-10,14-15,23-24,26-28H,6,8,11-13,16-22H2,1-5H3,(H,33,37)(H,34,39)(H,35,38)/b36-29-/t27-,28-/m0/s1. The van der Waals surface area contributed by atoms with Crippen molar-refractivity contribution >= 4 is 23.6 Å². The third kappa shape index (κ3) is 12.5. The number of hydrogen-bond donors (Lipinski definition) is 3. The molecule has 1 aromatic carbocycles. The van der Waals surface area contributed by atoms with Crippen LogP contribution in [0.4, 0.5) is 0 Å². The van der Waals surface area contributed by atoms with Crippen molar-refractivity contribution in [2.24, 2.45) is 17.8 Å². The molecule has 1 fully saturated rings. The fourth-order valence-electron chi connectivity index (χ4n) is 5.13. The molecule has 40 heavy (non-hydrogen) atoms. The van der Waals surface area contributed by atoms with Crippen molar-refractivity contribution in [1.29, 1.82) is 0 Å². The highest BCUT2D eigenvalue weighted by Crippen LogP contribution is 2.23. The molecule has 1 aliphatic rings. The van der Waals surface area contributed by atoms with Crippen LogP contribution in [0.15, 0.2) is 30.3 Å². The molecule has 224 valence electrons. The van der Waals surface area contributed by atoms with Crippen LogP contribution in [0, 0.1) is 23.0 Å². The van der Waals surface area contributed by atoms with E-state index >= 15 is 0 Å². The van der Waals surface area contributed by atoms with Gasteiger partial charge in [0, 0.05) is 19.3 Å². The SMILES string of the molecule is CCC[C@H](NC(=O)[C@H](Cc1ccccc1)NC(=O)CC(C)C)C(=O)N/C(CCC(C)C)=[N+](\[O-])CC1CCCCC1. The number of rotatable bonds is 15. The lowest BCUT2D eigenvalue weighted by Gasteiger charge is -2.25. The number of carbonyl (C=O) groups is 3. The van der Waals surface area contributed by atoms with Gasteiger partial charge in [-0.25, -0.2) is 10.1 Å². The molecule has 1 aromatic rings. The van der Waals surface area contributed by atoms with Gasteiger partial charge in [-0.15, -0.1) is 0 Å². The topological polar surface area (TPSA) is 113 Å². The molecule has 0 aliphatic heterocycles. The Hall–Kier alpha value is -2.90.